The van der Waals surface area contributed by atoms with Crippen LogP contribution in [0, 0.1) is 11.7 Å². The second kappa shape index (κ2) is 4.72. The first-order valence-electron chi connectivity index (χ1n) is 5.81. The summed E-state index contributed by atoms with van der Waals surface area (Å²) in [5.74, 6) is 0.311. The first kappa shape index (κ1) is 12.3. The third-order valence-corrected chi connectivity index (χ3v) is 4.58. The normalized spacial score (nSPS) is 16.8. The second-order valence-corrected chi connectivity index (χ2v) is 6.36. The fourth-order valence-electron chi connectivity index (χ4n) is 1.92. The van der Waals surface area contributed by atoms with Crippen molar-refractivity contribution in [3.05, 3.63) is 38.9 Å². The molecule has 0 aliphatic heterocycles. The Morgan fingerprint density at radius 2 is 2.22 bits per heavy atom. The number of halogens is 2. The molecule has 2 aromatic rings. The number of aromatic nitrogens is 1. The van der Waals surface area contributed by atoms with Crippen molar-refractivity contribution in [2.75, 3.05) is 0 Å². The van der Waals surface area contributed by atoms with E-state index >= 15 is 0 Å². The first-order chi connectivity index (χ1) is 8.65. The molecule has 1 atom stereocenters. The molecule has 1 aliphatic rings. The molecule has 0 bridgehead atoms. The smallest absolute Gasteiger partial charge is 0.132 e. The van der Waals surface area contributed by atoms with E-state index in [-0.39, 0.29) is 11.9 Å². The van der Waals surface area contributed by atoms with Gasteiger partial charge in [-0.05, 0) is 37.0 Å². The van der Waals surface area contributed by atoms with E-state index < -0.39 is 0 Å². The van der Waals surface area contributed by atoms with Crippen LogP contribution < -0.4 is 5.73 Å². The van der Waals surface area contributed by atoms with Crippen molar-refractivity contribution in [1.29, 1.82) is 0 Å². The lowest BCUT2D eigenvalue weighted by Crippen LogP contribution is -2.11. The second-order valence-electron chi connectivity index (χ2n) is 4.56. The van der Waals surface area contributed by atoms with E-state index in [0.717, 1.165) is 9.48 Å². The Morgan fingerprint density at radius 3 is 2.94 bits per heavy atom. The molecule has 1 aromatic heterocycles. The van der Waals surface area contributed by atoms with E-state index in [0.29, 0.717) is 17.2 Å². The Bertz CT molecular complexity index is 580. The average molecular weight is 327 g/mol. The van der Waals surface area contributed by atoms with Crippen molar-refractivity contribution >= 4 is 27.3 Å². The summed E-state index contributed by atoms with van der Waals surface area (Å²) in [6.07, 6.45) is 2.36. The summed E-state index contributed by atoms with van der Waals surface area (Å²) in [5.41, 5.74) is 7.30. The maximum Gasteiger partial charge on any atom is 0.132 e. The zero-order chi connectivity index (χ0) is 12.7. The number of hydrogen-bond donors (Lipinski definition) is 1. The standard InChI is InChI=1S/C13H12BrFN2S/c14-8-3-4-10(15)9(5-8)11-6-18-13(17-11)12(16)7-1-2-7/h3-7,12H,1-2,16H2. The Kier molecular flexibility index (Phi) is 3.21. The molecule has 0 amide bonds. The third-order valence-electron chi connectivity index (χ3n) is 3.14. The number of nitrogens with two attached hydrogens (primary N) is 1. The number of thiazole rings is 1. The summed E-state index contributed by atoms with van der Waals surface area (Å²) in [6, 6.07) is 4.89. The predicted molar refractivity (Wildman–Crippen MR) is 74.9 cm³/mol. The van der Waals surface area contributed by atoms with Crippen molar-refractivity contribution in [2.45, 2.75) is 18.9 Å². The van der Waals surface area contributed by atoms with Gasteiger partial charge in [-0.3, -0.25) is 0 Å². The molecule has 0 saturated heterocycles. The number of nitrogens with zero attached hydrogens (tertiary/aromatic N) is 1. The van der Waals surface area contributed by atoms with Crippen molar-refractivity contribution in [3.63, 3.8) is 0 Å². The van der Waals surface area contributed by atoms with Crippen LogP contribution in [0.2, 0.25) is 0 Å². The molecule has 0 radical (unpaired) electrons. The molecular weight excluding hydrogens is 315 g/mol. The molecule has 1 aromatic carbocycles. The highest BCUT2D eigenvalue weighted by Crippen LogP contribution is 2.41. The molecule has 1 saturated carbocycles. The van der Waals surface area contributed by atoms with Crippen LogP contribution in [0.25, 0.3) is 11.3 Å². The largest absolute Gasteiger partial charge is 0.322 e. The molecular formula is C13H12BrFN2S. The minimum absolute atomic E-state index is 0.0129. The van der Waals surface area contributed by atoms with Gasteiger partial charge in [-0.25, -0.2) is 9.37 Å². The molecule has 2 nitrogen and oxygen atoms in total. The minimum Gasteiger partial charge on any atom is -0.322 e. The van der Waals surface area contributed by atoms with Crippen LogP contribution in [0.4, 0.5) is 4.39 Å². The van der Waals surface area contributed by atoms with Gasteiger partial charge in [0.05, 0.1) is 11.7 Å². The molecule has 94 valence electrons. The molecule has 18 heavy (non-hydrogen) atoms. The fourth-order valence-corrected chi connectivity index (χ4v) is 3.19. The predicted octanol–water partition coefficient (Wildman–Crippen LogP) is 4.12. The SMILES string of the molecule is NC(c1nc(-c2cc(Br)ccc2F)cs1)C1CC1. The Balaban J connectivity index is 1.94. The summed E-state index contributed by atoms with van der Waals surface area (Å²) in [5, 5.41) is 2.79. The molecule has 1 heterocycles. The molecule has 2 N–H and O–H groups in total. The van der Waals surface area contributed by atoms with E-state index in [2.05, 4.69) is 20.9 Å². The Morgan fingerprint density at radius 1 is 1.44 bits per heavy atom. The summed E-state index contributed by atoms with van der Waals surface area (Å²) in [4.78, 5) is 4.48. The highest BCUT2D eigenvalue weighted by molar-refractivity contribution is 9.10. The van der Waals surface area contributed by atoms with Crippen LogP contribution in [0.3, 0.4) is 0 Å². The van der Waals surface area contributed by atoms with Crippen LogP contribution >= 0.6 is 27.3 Å². The van der Waals surface area contributed by atoms with E-state index in [1.54, 1.807) is 12.1 Å². The number of rotatable bonds is 3. The van der Waals surface area contributed by atoms with Gasteiger partial charge in [0.2, 0.25) is 0 Å². The molecule has 5 heteroatoms. The monoisotopic (exact) mass is 326 g/mol. The fraction of sp³-hybridized carbons (Fsp3) is 0.308. The maximum absolute atomic E-state index is 13.7. The van der Waals surface area contributed by atoms with Gasteiger partial charge in [0, 0.05) is 15.4 Å². The van der Waals surface area contributed by atoms with Crippen LogP contribution in [0.5, 0.6) is 0 Å². The average Bonchev–Trinajstić information content (AvgIpc) is 3.09. The van der Waals surface area contributed by atoms with E-state index in [9.17, 15) is 4.39 Å². The zero-order valence-electron chi connectivity index (χ0n) is 9.57. The first-order valence-corrected chi connectivity index (χ1v) is 7.49. The highest BCUT2D eigenvalue weighted by atomic mass is 79.9. The van der Waals surface area contributed by atoms with E-state index in [1.807, 2.05) is 5.38 Å². The lowest BCUT2D eigenvalue weighted by Gasteiger charge is -2.05. The summed E-state index contributed by atoms with van der Waals surface area (Å²) >= 11 is 4.86. The van der Waals surface area contributed by atoms with Gasteiger partial charge in [-0.15, -0.1) is 11.3 Å². The lowest BCUT2D eigenvalue weighted by atomic mass is 10.1. The molecule has 3 rings (SSSR count). The molecule has 0 spiro atoms. The maximum atomic E-state index is 13.7. The summed E-state index contributed by atoms with van der Waals surface area (Å²) in [6.45, 7) is 0. The van der Waals surface area contributed by atoms with Gasteiger partial charge in [0.15, 0.2) is 0 Å². The van der Waals surface area contributed by atoms with Gasteiger partial charge in [0.1, 0.15) is 10.8 Å². The van der Waals surface area contributed by atoms with Crippen LogP contribution in [-0.4, -0.2) is 4.98 Å². The quantitative estimate of drug-likeness (QED) is 0.921. The topological polar surface area (TPSA) is 38.9 Å². The highest BCUT2D eigenvalue weighted by Gasteiger charge is 2.31. The number of hydrogen-bond acceptors (Lipinski definition) is 3. The van der Waals surface area contributed by atoms with Gasteiger partial charge in [-0.1, -0.05) is 15.9 Å². The third kappa shape index (κ3) is 2.35. The van der Waals surface area contributed by atoms with Gasteiger partial charge in [-0.2, -0.15) is 0 Å². The summed E-state index contributed by atoms with van der Waals surface area (Å²) in [7, 11) is 0. The number of benzene rings is 1. The van der Waals surface area contributed by atoms with Crippen LogP contribution in [-0.2, 0) is 0 Å². The van der Waals surface area contributed by atoms with Crippen molar-refractivity contribution in [1.82, 2.24) is 4.98 Å². The van der Waals surface area contributed by atoms with Crippen molar-refractivity contribution in [3.8, 4) is 11.3 Å². The van der Waals surface area contributed by atoms with Crippen LogP contribution in [0.1, 0.15) is 23.9 Å². The zero-order valence-corrected chi connectivity index (χ0v) is 12.0. The van der Waals surface area contributed by atoms with Crippen LogP contribution in [0.15, 0.2) is 28.1 Å². The minimum atomic E-state index is -0.255. The lowest BCUT2D eigenvalue weighted by molar-refractivity contribution is 0.625. The van der Waals surface area contributed by atoms with Crippen molar-refractivity contribution < 1.29 is 4.39 Å². The van der Waals surface area contributed by atoms with Gasteiger partial charge in [0.25, 0.3) is 0 Å². The Hall–Kier alpha value is -0.780. The van der Waals surface area contributed by atoms with Gasteiger partial charge < -0.3 is 5.73 Å². The molecule has 1 fully saturated rings. The summed E-state index contributed by atoms with van der Waals surface area (Å²) < 4.78 is 14.6. The van der Waals surface area contributed by atoms with Gasteiger partial charge >= 0.3 is 0 Å². The molecule has 1 unspecified atom stereocenters. The molecule has 1 aliphatic carbocycles. The van der Waals surface area contributed by atoms with E-state index in [1.165, 1.54) is 30.2 Å². The van der Waals surface area contributed by atoms with Crippen molar-refractivity contribution in [2.24, 2.45) is 11.7 Å². The van der Waals surface area contributed by atoms with E-state index in [4.69, 9.17) is 5.73 Å². The Labute approximate surface area is 117 Å².